The van der Waals surface area contributed by atoms with E-state index in [-0.39, 0.29) is 11.9 Å². The van der Waals surface area contributed by atoms with Crippen molar-refractivity contribution >= 4 is 11.8 Å². The second kappa shape index (κ2) is 6.48. The highest BCUT2D eigenvalue weighted by Crippen LogP contribution is 2.28. The van der Waals surface area contributed by atoms with Gasteiger partial charge < -0.3 is 9.80 Å². The summed E-state index contributed by atoms with van der Waals surface area (Å²) in [5.41, 5.74) is -1.67. The number of alkyl halides is 2. The minimum absolute atomic E-state index is 0.0697. The molecule has 7 heteroatoms. The van der Waals surface area contributed by atoms with Gasteiger partial charge in [-0.2, -0.15) is 0 Å². The monoisotopic (exact) mass is 317 g/mol. The lowest BCUT2D eigenvalue weighted by Gasteiger charge is -2.39. The first-order chi connectivity index (χ1) is 10.2. The maximum atomic E-state index is 13.0. The van der Waals surface area contributed by atoms with Gasteiger partial charge in [-0.1, -0.05) is 0 Å². The lowest BCUT2D eigenvalue weighted by molar-refractivity contribution is -0.153. The summed E-state index contributed by atoms with van der Waals surface area (Å²) < 4.78 is 25.9. The smallest absolute Gasteiger partial charge is 0.252 e. The molecule has 0 bridgehead atoms. The Bertz CT molecular complexity index is 435. The number of piperazine rings is 1. The molecule has 2 amide bonds. The Morgan fingerprint density at radius 3 is 2.05 bits per heavy atom. The van der Waals surface area contributed by atoms with Crippen LogP contribution in [0.15, 0.2) is 0 Å². The van der Waals surface area contributed by atoms with Crippen molar-refractivity contribution in [1.82, 2.24) is 14.7 Å². The van der Waals surface area contributed by atoms with Crippen LogP contribution >= 0.6 is 0 Å². The van der Waals surface area contributed by atoms with Crippen LogP contribution in [0, 0.1) is 5.41 Å². The van der Waals surface area contributed by atoms with E-state index in [9.17, 15) is 18.4 Å². The number of halogens is 2. The van der Waals surface area contributed by atoms with E-state index in [0.717, 1.165) is 19.4 Å². The molecule has 0 radical (unpaired) electrons. The molecule has 0 unspecified atom stereocenters. The fourth-order valence-electron chi connectivity index (χ4n) is 3.06. The second-order valence-corrected chi connectivity index (χ2v) is 6.78. The summed E-state index contributed by atoms with van der Waals surface area (Å²) in [4.78, 5) is 29.9. The van der Waals surface area contributed by atoms with Crippen molar-refractivity contribution in [2.75, 3.05) is 39.8 Å². The van der Waals surface area contributed by atoms with Crippen molar-refractivity contribution in [3.05, 3.63) is 0 Å². The topological polar surface area (TPSA) is 43.9 Å². The molecule has 0 saturated carbocycles. The van der Waals surface area contributed by atoms with Gasteiger partial charge in [0.2, 0.25) is 11.8 Å². The van der Waals surface area contributed by atoms with Gasteiger partial charge in [0.25, 0.3) is 6.43 Å². The van der Waals surface area contributed by atoms with Gasteiger partial charge in [-0.25, -0.2) is 8.78 Å². The van der Waals surface area contributed by atoms with Crippen molar-refractivity contribution in [2.24, 2.45) is 5.41 Å². The lowest BCUT2D eigenvalue weighted by atomic mass is 9.92. The second-order valence-electron chi connectivity index (χ2n) is 6.78. The molecule has 1 atom stereocenters. The average molecular weight is 317 g/mol. The predicted octanol–water partition coefficient (Wildman–Crippen LogP) is 1.04. The van der Waals surface area contributed by atoms with E-state index in [1.54, 1.807) is 4.90 Å². The SMILES string of the molecule is CN1CCC[C@@H]1C(=O)N1CCN(C(=O)C(C)(C)C(F)F)CC1. The van der Waals surface area contributed by atoms with Crippen LogP contribution in [0.3, 0.4) is 0 Å². The Kier molecular flexibility index (Phi) is 5.04. The number of likely N-dealkylation sites (tertiary alicyclic amines) is 1. The minimum atomic E-state index is -2.69. The first-order valence-corrected chi connectivity index (χ1v) is 7.81. The lowest BCUT2D eigenvalue weighted by Crippen LogP contribution is -2.56. The van der Waals surface area contributed by atoms with Crippen molar-refractivity contribution in [2.45, 2.75) is 39.2 Å². The molecule has 2 aliphatic heterocycles. The van der Waals surface area contributed by atoms with Crippen LogP contribution in [0.4, 0.5) is 8.78 Å². The zero-order chi connectivity index (χ0) is 16.5. The summed E-state index contributed by atoms with van der Waals surface area (Å²) in [5, 5.41) is 0. The van der Waals surface area contributed by atoms with Crippen LogP contribution in [-0.4, -0.2) is 78.8 Å². The Morgan fingerprint density at radius 2 is 1.59 bits per heavy atom. The summed E-state index contributed by atoms with van der Waals surface area (Å²) >= 11 is 0. The Hall–Kier alpha value is -1.24. The van der Waals surface area contributed by atoms with Crippen LogP contribution in [0.2, 0.25) is 0 Å². The highest BCUT2D eigenvalue weighted by molar-refractivity contribution is 5.84. The third-order valence-corrected chi connectivity index (χ3v) is 4.78. The number of carbonyl (C=O) groups excluding carboxylic acids is 2. The summed E-state index contributed by atoms with van der Waals surface area (Å²) in [6.07, 6.45) is -0.798. The Balaban J connectivity index is 1.90. The van der Waals surface area contributed by atoms with E-state index in [1.807, 2.05) is 7.05 Å². The Morgan fingerprint density at radius 1 is 1.05 bits per heavy atom. The molecule has 126 valence electrons. The van der Waals surface area contributed by atoms with Crippen LogP contribution in [0.25, 0.3) is 0 Å². The van der Waals surface area contributed by atoms with Crippen LogP contribution in [-0.2, 0) is 9.59 Å². The summed E-state index contributed by atoms with van der Waals surface area (Å²) in [7, 11) is 1.94. The Labute approximate surface area is 130 Å². The van der Waals surface area contributed by atoms with Gasteiger partial charge >= 0.3 is 0 Å². The van der Waals surface area contributed by atoms with Crippen molar-refractivity contribution in [3.63, 3.8) is 0 Å². The molecule has 2 aliphatic rings. The van der Waals surface area contributed by atoms with Gasteiger partial charge in [-0.05, 0) is 40.3 Å². The number of hydrogen-bond acceptors (Lipinski definition) is 3. The van der Waals surface area contributed by atoms with Crippen LogP contribution in [0.5, 0.6) is 0 Å². The van der Waals surface area contributed by atoms with E-state index in [0.29, 0.717) is 26.2 Å². The van der Waals surface area contributed by atoms with Crippen LogP contribution < -0.4 is 0 Å². The molecule has 0 aromatic carbocycles. The summed E-state index contributed by atoms with van der Waals surface area (Å²) in [6, 6.07) is -0.0697. The zero-order valence-corrected chi connectivity index (χ0v) is 13.5. The molecule has 0 aromatic rings. The fourth-order valence-corrected chi connectivity index (χ4v) is 3.06. The van der Waals surface area contributed by atoms with Gasteiger partial charge in [0.1, 0.15) is 5.41 Å². The maximum Gasteiger partial charge on any atom is 0.252 e. The van der Waals surface area contributed by atoms with Crippen molar-refractivity contribution in [1.29, 1.82) is 0 Å². The van der Waals surface area contributed by atoms with Gasteiger partial charge in [-0.15, -0.1) is 0 Å². The largest absolute Gasteiger partial charge is 0.339 e. The molecule has 2 heterocycles. The fraction of sp³-hybridized carbons (Fsp3) is 0.867. The normalized spacial score (nSPS) is 24.2. The van der Waals surface area contributed by atoms with Gasteiger partial charge in [0.15, 0.2) is 0 Å². The first kappa shape index (κ1) is 17.1. The van der Waals surface area contributed by atoms with E-state index >= 15 is 0 Å². The number of rotatable bonds is 3. The van der Waals surface area contributed by atoms with Crippen LogP contribution in [0.1, 0.15) is 26.7 Å². The van der Waals surface area contributed by atoms with E-state index in [4.69, 9.17) is 0 Å². The summed E-state index contributed by atoms with van der Waals surface area (Å²) in [6.45, 7) is 4.98. The molecule has 0 aromatic heterocycles. The quantitative estimate of drug-likeness (QED) is 0.781. The highest BCUT2D eigenvalue weighted by Gasteiger charge is 2.42. The van der Waals surface area contributed by atoms with E-state index < -0.39 is 17.7 Å². The molecular formula is C15H25F2N3O2. The van der Waals surface area contributed by atoms with Crippen molar-refractivity contribution < 1.29 is 18.4 Å². The molecule has 0 spiro atoms. The molecule has 22 heavy (non-hydrogen) atoms. The molecule has 2 rings (SSSR count). The number of nitrogens with zero attached hydrogens (tertiary/aromatic N) is 3. The molecule has 2 saturated heterocycles. The first-order valence-electron chi connectivity index (χ1n) is 7.81. The van der Waals surface area contributed by atoms with Gasteiger partial charge in [0, 0.05) is 26.2 Å². The third-order valence-electron chi connectivity index (χ3n) is 4.78. The van der Waals surface area contributed by atoms with Gasteiger partial charge in [0.05, 0.1) is 6.04 Å². The molecule has 0 aliphatic carbocycles. The minimum Gasteiger partial charge on any atom is -0.339 e. The standard InChI is InChI=1S/C15H25F2N3O2/c1-15(2,13(16)17)14(22)20-9-7-19(8-10-20)12(21)11-5-4-6-18(11)3/h11,13H,4-10H2,1-3H3/t11-/m1/s1. The van der Waals surface area contributed by atoms with Gasteiger partial charge in [-0.3, -0.25) is 14.5 Å². The maximum absolute atomic E-state index is 13.0. The van der Waals surface area contributed by atoms with E-state index in [2.05, 4.69) is 4.90 Å². The molecule has 2 fully saturated rings. The highest BCUT2D eigenvalue weighted by atomic mass is 19.3. The zero-order valence-electron chi connectivity index (χ0n) is 13.5. The molecule has 5 nitrogen and oxygen atoms in total. The number of hydrogen-bond donors (Lipinski definition) is 0. The van der Waals surface area contributed by atoms with E-state index in [1.165, 1.54) is 18.7 Å². The number of amides is 2. The predicted molar refractivity (Wildman–Crippen MR) is 78.6 cm³/mol. The third kappa shape index (κ3) is 3.24. The molecular weight excluding hydrogens is 292 g/mol. The molecule has 0 N–H and O–H groups in total. The number of carbonyl (C=O) groups is 2. The average Bonchev–Trinajstić information content (AvgIpc) is 2.91. The van der Waals surface area contributed by atoms with Crippen molar-refractivity contribution in [3.8, 4) is 0 Å². The summed E-state index contributed by atoms with van der Waals surface area (Å²) in [5.74, 6) is -0.437. The number of likely N-dealkylation sites (N-methyl/N-ethyl adjacent to an activating group) is 1.